The topological polar surface area (TPSA) is 108 Å². The van der Waals surface area contributed by atoms with E-state index in [1.807, 2.05) is 135 Å². The number of benzene rings is 6. The Balaban J connectivity index is 1.03. The van der Waals surface area contributed by atoms with Gasteiger partial charge in [-0.3, -0.25) is 9.59 Å². The van der Waals surface area contributed by atoms with Crippen molar-refractivity contribution in [1.29, 1.82) is 0 Å². The minimum atomic E-state index is -2.45. The quantitative estimate of drug-likeness (QED) is 0.0402. The maximum atomic E-state index is 14.8. The zero-order valence-corrected chi connectivity index (χ0v) is 62.1. The standard InChI is InChI=1S/C82H102Cl2O10Si2/c1-59-33-31-47-67(83)49-51-69-54-74(76(90-69)58-88-82(64-41-25-16-26-42-64,65-43-27-17-28-44-65)66-45-29-18-30-46-66)92-78(86)56-72(94-96(11,12)80(6,7)8)60(2)34-32-48-68(84)50-52-70-53-73(91-77(85)55-71(59)93-95(9,10)79(3,4)5)75(89-70)57-87-81(61-35-19-13-20-36-61,62-37-21-14-22-38-62)63-39-23-15-24-40-63/h13-30,33-48,69-76H,31-32,49-58H2,1-12H3/b59-33-,60-34-,67-47-,68-48-/t69-,70-,71-,72-,73-,74-,75-,76-/m0/s1. The van der Waals surface area contributed by atoms with Crippen LogP contribution in [0, 0.1) is 0 Å². The Morgan fingerprint density at radius 2 is 0.698 bits per heavy atom. The van der Waals surface area contributed by atoms with Crippen LogP contribution >= 0.6 is 23.2 Å². The first-order valence-electron chi connectivity index (χ1n) is 34.5. The molecule has 0 spiro atoms. The van der Waals surface area contributed by atoms with E-state index in [1.54, 1.807) is 0 Å². The molecule has 4 bridgehead atoms. The summed E-state index contributed by atoms with van der Waals surface area (Å²) in [6.07, 6.45) is 8.11. The van der Waals surface area contributed by atoms with E-state index < -0.39 is 64.5 Å². The third-order valence-electron chi connectivity index (χ3n) is 20.3. The molecule has 2 saturated heterocycles. The molecule has 96 heavy (non-hydrogen) atoms. The van der Waals surface area contributed by atoms with Gasteiger partial charge in [-0.1, -0.05) is 271 Å². The fourth-order valence-electron chi connectivity index (χ4n) is 12.7. The van der Waals surface area contributed by atoms with Crippen LogP contribution < -0.4 is 0 Å². The Morgan fingerprint density at radius 3 is 0.958 bits per heavy atom. The normalized spacial score (nSPS) is 25.3. The van der Waals surface area contributed by atoms with Gasteiger partial charge in [0, 0.05) is 22.9 Å². The third-order valence-corrected chi connectivity index (χ3v) is 30.0. The molecule has 3 aliphatic rings. The van der Waals surface area contributed by atoms with Crippen LogP contribution in [0.2, 0.25) is 36.3 Å². The van der Waals surface area contributed by atoms with E-state index in [0.717, 1.165) is 44.5 Å². The molecule has 6 aromatic rings. The second kappa shape index (κ2) is 33.2. The lowest BCUT2D eigenvalue weighted by Gasteiger charge is -2.39. The molecule has 0 aromatic heterocycles. The van der Waals surface area contributed by atoms with Gasteiger partial charge in [0.2, 0.25) is 0 Å². The highest BCUT2D eigenvalue weighted by Gasteiger charge is 2.47. The number of esters is 2. The number of carbonyl (C=O) groups is 2. The van der Waals surface area contributed by atoms with Gasteiger partial charge < -0.3 is 37.3 Å². The second-order valence-corrected chi connectivity index (χ2v) is 39.7. The molecule has 0 saturated carbocycles. The highest BCUT2D eigenvalue weighted by atomic mass is 35.5. The third kappa shape index (κ3) is 18.8. The number of hydrogen-bond acceptors (Lipinski definition) is 10. The van der Waals surface area contributed by atoms with Crippen molar-refractivity contribution in [3.63, 3.8) is 0 Å². The Morgan fingerprint density at radius 1 is 0.427 bits per heavy atom. The van der Waals surface area contributed by atoms with Crippen LogP contribution in [-0.2, 0) is 58.1 Å². The van der Waals surface area contributed by atoms with Crippen LogP contribution in [-0.4, -0.2) is 90.6 Å². The number of carbonyl (C=O) groups excluding carboxylic acids is 2. The minimum Gasteiger partial charge on any atom is -0.459 e. The molecule has 2 fully saturated rings. The molecule has 0 amide bonds. The van der Waals surface area contributed by atoms with Gasteiger partial charge in [0.15, 0.2) is 16.6 Å². The molecule has 512 valence electrons. The summed E-state index contributed by atoms with van der Waals surface area (Å²) >= 11 is 14.4. The summed E-state index contributed by atoms with van der Waals surface area (Å²) in [6.45, 7) is 26.3. The number of hydrogen-bond donors (Lipinski definition) is 0. The van der Waals surface area contributed by atoms with E-state index in [9.17, 15) is 9.59 Å². The highest BCUT2D eigenvalue weighted by Crippen LogP contribution is 2.46. The summed E-state index contributed by atoms with van der Waals surface area (Å²) in [5.41, 5.74) is 5.51. The van der Waals surface area contributed by atoms with Crippen molar-refractivity contribution in [2.24, 2.45) is 0 Å². The van der Waals surface area contributed by atoms with Crippen LogP contribution in [0.1, 0.15) is 153 Å². The van der Waals surface area contributed by atoms with Crippen LogP contribution in [0.25, 0.3) is 0 Å². The van der Waals surface area contributed by atoms with Gasteiger partial charge in [0.25, 0.3) is 0 Å². The maximum Gasteiger partial charge on any atom is 0.309 e. The van der Waals surface area contributed by atoms with Gasteiger partial charge in [-0.2, -0.15) is 0 Å². The first-order valence-corrected chi connectivity index (χ1v) is 41.0. The summed E-state index contributed by atoms with van der Waals surface area (Å²) < 4.78 is 56.3. The summed E-state index contributed by atoms with van der Waals surface area (Å²) in [5, 5.41) is 1.06. The van der Waals surface area contributed by atoms with E-state index in [1.165, 1.54) is 0 Å². The Hall–Kier alpha value is -6.01. The van der Waals surface area contributed by atoms with Gasteiger partial charge in [0.05, 0.1) is 50.5 Å². The predicted octanol–water partition coefficient (Wildman–Crippen LogP) is 20.2. The van der Waals surface area contributed by atoms with E-state index in [0.29, 0.717) is 61.4 Å². The van der Waals surface area contributed by atoms with Crippen molar-refractivity contribution < 1.29 is 46.9 Å². The summed E-state index contributed by atoms with van der Waals surface area (Å²) in [6, 6.07) is 61.5. The molecule has 6 aromatic carbocycles. The van der Waals surface area contributed by atoms with Gasteiger partial charge >= 0.3 is 11.9 Å². The maximum absolute atomic E-state index is 14.8. The molecule has 0 unspecified atom stereocenters. The lowest BCUT2D eigenvalue weighted by molar-refractivity contribution is -0.157. The number of halogens is 2. The lowest BCUT2D eigenvalue weighted by Crippen LogP contribution is -2.45. The van der Waals surface area contributed by atoms with Crippen molar-refractivity contribution in [2.45, 2.75) is 216 Å². The fraction of sp³-hybridized carbons (Fsp3) is 0.439. The monoisotopic (exact) mass is 1370 g/mol. The van der Waals surface area contributed by atoms with Gasteiger partial charge in [-0.15, -0.1) is 0 Å². The summed E-state index contributed by atoms with van der Waals surface area (Å²) in [7, 11) is -4.89. The van der Waals surface area contributed by atoms with E-state index in [2.05, 4.69) is 153 Å². The number of allylic oxidation sites excluding steroid dienone is 6. The Bertz CT molecular complexity index is 3140. The molecule has 8 atom stereocenters. The molecule has 0 N–H and O–H groups in total. The number of ether oxygens (including phenoxy) is 6. The van der Waals surface area contributed by atoms with E-state index in [-0.39, 0.29) is 60.3 Å². The van der Waals surface area contributed by atoms with E-state index in [4.69, 9.17) is 60.5 Å². The Kier molecular flexibility index (Phi) is 25.7. The largest absolute Gasteiger partial charge is 0.459 e. The molecule has 3 heterocycles. The van der Waals surface area contributed by atoms with Gasteiger partial charge in [0.1, 0.15) is 35.6 Å². The van der Waals surface area contributed by atoms with E-state index >= 15 is 0 Å². The molecule has 0 radical (unpaired) electrons. The minimum absolute atomic E-state index is 0.00507. The number of fused-ring (bicyclic) bond motifs is 4. The van der Waals surface area contributed by atoms with Crippen molar-refractivity contribution in [1.82, 2.24) is 0 Å². The van der Waals surface area contributed by atoms with Crippen molar-refractivity contribution in [2.75, 3.05) is 13.2 Å². The first kappa shape index (κ1) is 74.2. The zero-order valence-electron chi connectivity index (χ0n) is 58.6. The fourth-order valence-corrected chi connectivity index (χ4v) is 15.7. The molecule has 14 heteroatoms. The molecule has 3 aliphatic heterocycles. The van der Waals surface area contributed by atoms with Crippen LogP contribution in [0.5, 0.6) is 0 Å². The van der Waals surface area contributed by atoms with Crippen molar-refractivity contribution >= 4 is 51.8 Å². The predicted molar refractivity (Wildman–Crippen MR) is 393 cm³/mol. The average Bonchev–Trinajstić information content (AvgIpc) is 0.799. The summed E-state index contributed by atoms with van der Waals surface area (Å²) in [5.74, 6) is -0.752. The average molecular weight is 1370 g/mol. The number of rotatable bonds is 16. The summed E-state index contributed by atoms with van der Waals surface area (Å²) in [4.78, 5) is 29.6. The van der Waals surface area contributed by atoms with Gasteiger partial charge in [-0.05, 0) is 133 Å². The Labute approximate surface area is 585 Å². The zero-order chi connectivity index (χ0) is 68.7. The molecule has 0 aliphatic carbocycles. The van der Waals surface area contributed by atoms with Crippen molar-refractivity contribution in [3.8, 4) is 0 Å². The van der Waals surface area contributed by atoms with Gasteiger partial charge in [-0.25, -0.2) is 0 Å². The van der Waals surface area contributed by atoms with Crippen LogP contribution in [0.15, 0.2) is 228 Å². The first-order chi connectivity index (χ1) is 45.8. The van der Waals surface area contributed by atoms with Crippen LogP contribution in [0.3, 0.4) is 0 Å². The molecular weight excluding hydrogens is 1270 g/mol. The second-order valence-electron chi connectivity index (χ2n) is 29.2. The molecule has 10 nitrogen and oxygen atoms in total. The molecular formula is C82H102Cl2O10Si2. The lowest BCUT2D eigenvalue weighted by atomic mass is 9.80. The van der Waals surface area contributed by atoms with Crippen molar-refractivity contribution in [3.05, 3.63) is 261 Å². The SMILES string of the molecule is C/C1=C/C/C=C(\Cl)CC[C@H]2C[C@H](OC(=O)C[C@H](O[Si](C)(C)C(C)(C)C)/C(C)=C\C/C=C(\Cl)CC[C@H]3C[C@H](OC(=O)C[C@@H]1O[Si](C)(C)C(C)(C)C)[C@H](COC(c1ccccc1)(c1ccccc1)c1ccccc1)O3)[C@H](COC(c1ccccc1)(c1ccccc1)c1ccccc1)O2. The highest BCUT2D eigenvalue weighted by molar-refractivity contribution is 6.74. The van der Waals surface area contributed by atoms with Crippen LogP contribution in [0.4, 0.5) is 0 Å². The molecule has 9 rings (SSSR count). The smallest absolute Gasteiger partial charge is 0.309 e.